The van der Waals surface area contributed by atoms with Crippen molar-refractivity contribution in [3.05, 3.63) is 34.9 Å². The number of nitrogens with one attached hydrogen (secondary N) is 2. The van der Waals surface area contributed by atoms with E-state index >= 15 is 0 Å². The second-order valence-electron chi connectivity index (χ2n) is 5.53. The molecule has 1 amide bonds. The van der Waals surface area contributed by atoms with Gasteiger partial charge in [-0.1, -0.05) is 30.7 Å². The highest BCUT2D eigenvalue weighted by Gasteiger charge is 2.21. The average molecular weight is 282 g/mol. The lowest BCUT2D eigenvalue weighted by Crippen LogP contribution is -3.14. The Bertz CT molecular complexity index is 419. The molecule has 1 aliphatic heterocycles. The van der Waals surface area contributed by atoms with Gasteiger partial charge >= 0.3 is 0 Å². The summed E-state index contributed by atoms with van der Waals surface area (Å²) < 4.78 is 0. The first-order valence-corrected chi connectivity index (χ1v) is 7.36. The van der Waals surface area contributed by atoms with E-state index in [2.05, 4.69) is 12.2 Å². The van der Waals surface area contributed by atoms with E-state index in [1.54, 1.807) is 0 Å². The van der Waals surface area contributed by atoms with Crippen LogP contribution in [-0.4, -0.2) is 25.5 Å². The van der Waals surface area contributed by atoms with Crippen LogP contribution in [0.5, 0.6) is 0 Å². The molecule has 0 saturated carbocycles. The van der Waals surface area contributed by atoms with Gasteiger partial charge in [0.25, 0.3) is 5.91 Å². The molecule has 104 valence electrons. The zero-order valence-electron chi connectivity index (χ0n) is 11.4. The molecular formula is C15H22ClN2O+. The predicted molar refractivity (Wildman–Crippen MR) is 77.3 cm³/mol. The third-order valence-electron chi connectivity index (χ3n) is 3.68. The highest BCUT2D eigenvalue weighted by Crippen LogP contribution is 2.09. The number of quaternary nitrogens is 1. The van der Waals surface area contributed by atoms with Crippen molar-refractivity contribution in [1.29, 1.82) is 0 Å². The zero-order valence-corrected chi connectivity index (χ0v) is 12.2. The van der Waals surface area contributed by atoms with Crippen molar-refractivity contribution in [2.45, 2.75) is 26.3 Å². The molecule has 1 aliphatic rings. The van der Waals surface area contributed by atoms with E-state index in [0.717, 1.165) is 29.6 Å². The molecule has 2 N–H and O–H groups in total. The zero-order chi connectivity index (χ0) is 13.7. The quantitative estimate of drug-likeness (QED) is 0.856. The van der Waals surface area contributed by atoms with Crippen molar-refractivity contribution < 1.29 is 9.69 Å². The third-order valence-corrected chi connectivity index (χ3v) is 3.93. The Hall–Kier alpha value is -1.06. The summed E-state index contributed by atoms with van der Waals surface area (Å²) in [5.74, 6) is 0.881. The normalized spacial score (nSPS) is 23.1. The fraction of sp³-hybridized carbons (Fsp3) is 0.533. The first-order chi connectivity index (χ1) is 9.13. The molecule has 19 heavy (non-hydrogen) atoms. The second-order valence-corrected chi connectivity index (χ2v) is 5.97. The Morgan fingerprint density at radius 3 is 2.84 bits per heavy atom. The van der Waals surface area contributed by atoms with E-state index in [4.69, 9.17) is 11.6 Å². The van der Waals surface area contributed by atoms with Crippen LogP contribution in [0.4, 0.5) is 0 Å². The molecule has 2 rings (SSSR count). The molecule has 0 bridgehead atoms. The number of carbonyl (C=O) groups excluding carboxylic acids is 1. The monoisotopic (exact) mass is 281 g/mol. The summed E-state index contributed by atoms with van der Waals surface area (Å²) in [7, 11) is 0. The topological polar surface area (TPSA) is 33.5 Å². The Balaban J connectivity index is 1.73. The van der Waals surface area contributed by atoms with Gasteiger partial charge in [-0.2, -0.15) is 0 Å². The van der Waals surface area contributed by atoms with E-state index in [9.17, 15) is 4.79 Å². The SMILES string of the molecule is C[C@@H]1CCC[NH+](CC(=O)NCc2ccc(Cl)cc2)C1. The van der Waals surface area contributed by atoms with Gasteiger partial charge in [0.1, 0.15) is 0 Å². The molecule has 0 spiro atoms. The van der Waals surface area contributed by atoms with Crippen LogP contribution < -0.4 is 10.2 Å². The molecule has 1 aromatic rings. The molecule has 3 nitrogen and oxygen atoms in total. The highest BCUT2D eigenvalue weighted by atomic mass is 35.5. The number of rotatable bonds is 4. The lowest BCUT2D eigenvalue weighted by Gasteiger charge is -2.27. The number of piperidine rings is 1. The first-order valence-electron chi connectivity index (χ1n) is 6.98. The molecule has 2 atom stereocenters. The molecule has 4 heteroatoms. The van der Waals surface area contributed by atoms with Crippen molar-refractivity contribution in [3.8, 4) is 0 Å². The van der Waals surface area contributed by atoms with E-state index in [1.165, 1.54) is 17.7 Å². The lowest BCUT2D eigenvalue weighted by atomic mass is 10.0. The molecule has 1 saturated heterocycles. The summed E-state index contributed by atoms with van der Waals surface area (Å²) in [5.41, 5.74) is 1.08. The summed E-state index contributed by atoms with van der Waals surface area (Å²) >= 11 is 5.83. The second kappa shape index (κ2) is 6.92. The number of likely N-dealkylation sites (tertiary alicyclic amines) is 1. The minimum atomic E-state index is 0.138. The van der Waals surface area contributed by atoms with Crippen molar-refractivity contribution in [2.24, 2.45) is 5.92 Å². The minimum absolute atomic E-state index is 0.138. The van der Waals surface area contributed by atoms with Crippen LogP contribution in [0.1, 0.15) is 25.3 Å². The number of halogens is 1. The van der Waals surface area contributed by atoms with E-state index in [-0.39, 0.29) is 5.91 Å². The Morgan fingerprint density at radius 2 is 2.16 bits per heavy atom. The average Bonchev–Trinajstić information content (AvgIpc) is 2.38. The van der Waals surface area contributed by atoms with Crippen LogP contribution in [0.25, 0.3) is 0 Å². The van der Waals surface area contributed by atoms with Crippen molar-refractivity contribution in [3.63, 3.8) is 0 Å². The lowest BCUT2D eigenvalue weighted by molar-refractivity contribution is -0.900. The largest absolute Gasteiger partial charge is 0.347 e. The van der Waals surface area contributed by atoms with Gasteiger partial charge in [0.2, 0.25) is 0 Å². The Morgan fingerprint density at radius 1 is 1.42 bits per heavy atom. The molecule has 1 unspecified atom stereocenters. The van der Waals surface area contributed by atoms with Crippen LogP contribution >= 0.6 is 11.6 Å². The van der Waals surface area contributed by atoms with Gasteiger partial charge < -0.3 is 10.2 Å². The van der Waals surface area contributed by atoms with Gasteiger partial charge in [0, 0.05) is 17.5 Å². The number of hydrogen-bond donors (Lipinski definition) is 2. The number of hydrogen-bond acceptors (Lipinski definition) is 1. The van der Waals surface area contributed by atoms with Crippen LogP contribution in [0.2, 0.25) is 5.02 Å². The fourth-order valence-electron chi connectivity index (χ4n) is 2.65. The fourth-order valence-corrected chi connectivity index (χ4v) is 2.78. The Kier molecular flexibility index (Phi) is 5.23. The summed E-state index contributed by atoms with van der Waals surface area (Å²) in [5, 5.41) is 3.70. The summed E-state index contributed by atoms with van der Waals surface area (Å²) in [4.78, 5) is 13.3. The third kappa shape index (κ3) is 4.84. The highest BCUT2D eigenvalue weighted by molar-refractivity contribution is 6.30. The van der Waals surface area contributed by atoms with Gasteiger partial charge in [-0.25, -0.2) is 0 Å². The van der Waals surface area contributed by atoms with Crippen molar-refractivity contribution >= 4 is 17.5 Å². The molecule has 1 fully saturated rings. The van der Waals surface area contributed by atoms with Gasteiger partial charge in [0.05, 0.1) is 13.1 Å². The summed E-state index contributed by atoms with van der Waals surface area (Å²) in [6, 6.07) is 7.58. The Labute approximate surface area is 119 Å². The van der Waals surface area contributed by atoms with Crippen LogP contribution in [-0.2, 0) is 11.3 Å². The van der Waals surface area contributed by atoms with Gasteiger partial charge in [0.15, 0.2) is 6.54 Å². The summed E-state index contributed by atoms with van der Waals surface area (Å²) in [6.45, 7) is 5.69. The van der Waals surface area contributed by atoms with Crippen molar-refractivity contribution in [1.82, 2.24) is 5.32 Å². The first kappa shape index (κ1) is 14.4. The maximum atomic E-state index is 11.9. The minimum Gasteiger partial charge on any atom is -0.347 e. The maximum absolute atomic E-state index is 11.9. The number of carbonyl (C=O) groups is 1. The maximum Gasteiger partial charge on any atom is 0.275 e. The summed E-state index contributed by atoms with van der Waals surface area (Å²) in [6.07, 6.45) is 2.54. The van der Waals surface area contributed by atoms with Crippen LogP contribution in [0.15, 0.2) is 24.3 Å². The predicted octanol–water partition coefficient (Wildman–Crippen LogP) is 1.27. The van der Waals surface area contributed by atoms with E-state index in [1.807, 2.05) is 24.3 Å². The molecule has 0 radical (unpaired) electrons. The van der Waals surface area contributed by atoms with Gasteiger partial charge in [-0.3, -0.25) is 4.79 Å². The number of amides is 1. The van der Waals surface area contributed by atoms with Gasteiger partial charge in [-0.05, 0) is 30.5 Å². The van der Waals surface area contributed by atoms with E-state index in [0.29, 0.717) is 13.1 Å². The molecule has 1 heterocycles. The molecule has 1 aromatic carbocycles. The van der Waals surface area contributed by atoms with Crippen LogP contribution in [0.3, 0.4) is 0 Å². The van der Waals surface area contributed by atoms with E-state index < -0.39 is 0 Å². The molecule has 0 aliphatic carbocycles. The van der Waals surface area contributed by atoms with Crippen LogP contribution in [0, 0.1) is 5.92 Å². The standard InChI is InChI=1S/C15H21ClN2O/c1-12-3-2-8-18(10-12)11-15(19)17-9-13-4-6-14(16)7-5-13/h4-7,12H,2-3,8-11H2,1H3,(H,17,19)/p+1/t12-/m1/s1. The molecular weight excluding hydrogens is 260 g/mol. The van der Waals surface area contributed by atoms with Crippen molar-refractivity contribution in [2.75, 3.05) is 19.6 Å². The van der Waals surface area contributed by atoms with Gasteiger partial charge in [-0.15, -0.1) is 0 Å². The molecule has 0 aromatic heterocycles. The number of benzene rings is 1. The smallest absolute Gasteiger partial charge is 0.275 e.